The molecule has 0 aromatic heterocycles. The Labute approximate surface area is 114 Å². The second kappa shape index (κ2) is 5.47. The summed E-state index contributed by atoms with van der Waals surface area (Å²) >= 11 is 0. The van der Waals surface area contributed by atoms with Crippen LogP contribution in [0.3, 0.4) is 0 Å². The largest absolute Gasteiger partial charge is 0.522 e. The fraction of sp³-hybridized carbons (Fsp3) is 0.538. The number of anilines is 2. The van der Waals surface area contributed by atoms with Crippen molar-refractivity contribution in [1.82, 2.24) is 0 Å². The van der Waals surface area contributed by atoms with Crippen LogP contribution < -0.4 is 10.6 Å². The van der Waals surface area contributed by atoms with E-state index in [1.807, 2.05) is 17.0 Å². The van der Waals surface area contributed by atoms with Crippen LogP contribution in [0.5, 0.6) is 0 Å². The number of para-hydroxylation sites is 2. The lowest BCUT2D eigenvalue weighted by Crippen LogP contribution is -2.45. The van der Waals surface area contributed by atoms with Crippen LogP contribution in [0, 0.1) is 0 Å². The highest BCUT2D eigenvalue weighted by Gasteiger charge is 2.40. The van der Waals surface area contributed by atoms with Gasteiger partial charge in [-0.25, -0.2) is 4.39 Å². The molecule has 1 saturated heterocycles. The Morgan fingerprint density at radius 2 is 1.80 bits per heavy atom. The summed E-state index contributed by atoms with van der Waals surface area (Å²) in [4.78, 5) is 1.88. The minimum Gasteiger partial charge on any atom is -0.397 e. The van der Waals surface area contributed by atoms with Crippen molar-refractivity contribution in [2.45, 2.75) is 24.9 Å². The van der Waals surface area contributed by atoms with Crippen molar-refractivity contribution in [1.29, 1.82) is 0 Å². The fourth-order valence-corrected chi connectivity index (χ4v) is 2.28. The summed E-state index contributed by atoms with van der Waals surface area (Å²) in [5.74, 6) is 0. The number of ether oxygens (including phenoxy) is 1. The summed E-state index contributed by atoms with van der Waals surface area (Å²) < 4.78 is 53.7. The molecule has 0 saturated carbocycles. The van der Waals surface area contributed by atoms with Gasteiger partial charge in [0.25, 0.3) is 0 Å². The molecule has 1 fully saturated rings. The summed E-state index contributed by atoms with van der Waals surface area (Å²) in [5, 5.41) is 0. The third-order valence-electron chi connectivity index (χ3n) is 3.43. The Bertz CT molecular complexity index is 456. The number of alkyl halides is 4. The van der Waals surface area contributed by atoms with Gasteiger partial charge >= 0.3 is 6.36 Å². The molecule has 112 valence electrons. The molecule has 0 bridgehead atoms. The molecule has 0 aliphatic carbocycles. The highest BCUT2D eigenvalue weighted by Crippen LogP contribution is 2.33. The molecule has 1 aliphatic heterocycles. The molecule has 3 nitrogen and oxygen atoms in total. The molecule has 1 heterocycles. The molecule has 0 atom stereocenters. The number of hydrogen-bond acceptors (Lipinski definition) is 3. The van der Waals surface area contributed by atoms with Gasteiger partial charge in [-0.2, -0.15) is 0 Å². The molecule has 0 radical (unpaired) electrons. The van der Waals surface area contributed by atoms with Crippen molar-refractivity contribution in [3.63, 3.8) is 0 Å². The summed E-state index contributed by atoms with van der Waals surface area (Å²) in [5.41, 5.74) is 5.25. The van der Waals surface area contributed by atoms with Gasteiger partial charge in [-0.1, -0.05) is 12.1 Å². The molecule has 20 heavy (non-hydrogen) atoms. The standard InChI is InChI=1S/C13H16F4N2O/c14-12(9-20-13(15,16)17)5-7-19(8-6-12)11-4-2-1-3-10(11)18/h1-4H,5-9,18H2. The van der Waals surface area contributed by atoms with E-state index in [1.54, 1.807) is 12.1 Å². The van der Waals surface area contributed by atoms with E-state index in [0.29, 0.717) is 18.8 Å². The van der Waals surface area contributed by atoms with Gasteiger partial charge in [0.1, 0.15) is 5.67 Å². The van der Waals surface area contributed by atoms with Gasteiger partial charge in [-0.05, 0) is 12.1 Å². The Hall–Kier alpha value is -1.50. The van der Waals surface area contributed by atoms with Crippen molar-refractivity contribution >= 4 is 11.4 Å². The third kappa shape index (κ3) is 3.75. The van der Waals surface area contributed by atoms with Crippen LogP contribution in [0.15, 0.2) is 24.3 Å². The molecule has 0 spiro atoms. The highest BCUT2D eigenvalue weighted by atomic mass is 19.4. The van der Waals surface area contributed by atoms with Crippen LogP contribution >= 0.6 is 0 Å². The fourth-order valence-electron chi connectivity index (χ4n) is 2.28. The van der Waals surface area contributed by atoms with Crippen molar-refractivity contribution < 1.29 is 22.3 Å². The maximum atomic E-state index is 14.2. The van der Waals surface area contributed by atoms with E-state index >= 15 is 0 Å². The van der Waals surface area contributed by atoms with Crippen molar-refractivity contribution in [3.8, 4) is 0 Å². The smallest absolute Gasteiger partial charge is 0.397 e. The first kappa shape index (κ1) is 14.9. The normalized spacial score (nSPS) is 19.1. The minimum absolute atomic E-state index is 0.0165. The van der Waals surface area contributed by atoms with Gasteiger partial charge in [-0.15, -0.1) is 13.2 Å². The summed E-state index contributed by atoms with van der Waals surface area (Å²) in [6.07, 6.45) is -4.82. The molecule has 2 rings (SSSR count). The highest BCUT2D eigenvalue weighted by molar-refractivity contribution is 5.67. The number of nitrogen functional groups attached to an aromatic ring is 1. The van der Waals surface area contributed by atoms with E-state index in [0.717, 1.165) is 5.69 Å². The van der Waals surface area contributed by atoms with Crippen LogP contribution in [-0.2, 0) is 4.74 Å². The first-order valence-electron chi connectivity index (χ1n) is 6.28. The zero-order valence-electron chi connectivity index (χ0n) is 10.8. The topological polar surface area (TPSA) is 38.5 Å². The Balaban J connectivity index is 1.93. The first-order valence-corrected chi connectivity index (χ1v) is 6.28. The lowest BCUT2D eigenvalue weighted by molar-refractivity contribution is -0.334. The van der Waals surface area contributed by atoms with Gasteiger partial charge in [0.05, 0.1) is 18.0 Å². The molecule has 2 N–H and O–H groups in total. The number of rotatable bonds is 3. The second-order valence-electron chi connectivity index (χ2n) is 4.93. The van der Waals surface area contributed by atoms with E-state index < -0.39 is 18.6 Å². The Morgan fingerprint density at radius 1 is 1.20 bits per heavy atom. The number of benzene rings is 1. The quantitative estimate of drug-likeness (QED) is 0.687. The van der Waals surface area contributed by atoms with Crippen LogP contribution in [-0.4, -0.2) is 31.7 Å². The molecule has 7 heteroatoms. The van der Waals surface area contributed by atoms with E-state index in [1.165, 1.54) is 0 Å². The van der Waals surface area contributed by atoms with Crippen molar-refractivity contribution in [2.75, 3.05) is 30.3 Å². The lowest BCUT2D eigenvalue weighted by atomic mass is 9.94. The van der Waals surface area contributed by atoms with E-state index in [9.17, 15) is 17.6 Å². The SMILES string of the molecule is Nc1ccccc1N1CCC(F)(COC(F)(F)F)CC1. The number of nitrogens with zero attached hydrogens (tertiary/aromatic N) is 1. The monoisotopic (exact) mass is 292 g/mol. The summed E-state index contributed by atoms with van der Waals surface area (Å²) in [6.45, 7) is -0.327. The molecule has 1 aliphatic rings. The van der Waals surface area contributed by atoms with Gasteiger partial charge in [0, 0.05) is 25.9 Å². The average molecular weight is 292 g/mol. The molecular formula is C13H16F4N2O. The predicted molar refractivity (Wildman–Crippen MR) is 68.1 cm³/mol. The lowest BCUT2D eigenvalue weighted by Gasteiger charge is -2.37. The Morgan fingerprint density at radius 3 is 2.35 bits per heavy atom. The van der Waals surface area contributed by atoms with Crippen LogP contribution in [0.2, 0.25) is 0 Å². The molecule has 0 amide bonds. The average Bonchev–Trinajstić information content (AvgIpc) is 2.38. The number of hydrogen-bond donors (Lipinski definition) is 1. The molecule has 1 aromatic carbocycles. The van der Waals surface area contributed by atoms with Gasteiger partial charge < -0.3 is 10.6 Å². The Kier molecular flexibility index (Phi) is 4.08. The second-order valence-corrected chi connectivity index (χ2v) is 4.93. The van der Waals surface area contributed by atoms with E-state index in [-0.39, 0.29) is 12.8 Å². The van der Waals surface area contributed by atoms with Crippen molar-refractivity contribution in [3.05, 3.63) is 24.3 Å². The molecule has 0 unspecified atom stereocenters. The predicted octanol–water partition coefficient (Wildman–Crippen LogP) is 3.11. The van der Waals surface area contributed by atoms with Gasteiger partial charge in [0.2, 0.25) is 0 Å². The number of halogens is 4. The van der Waals surface area contributed by atoms with Crippen LogP contribution in [0.25, 0.3) is 0 Å². The third-order valence-corrected chi connectivity index (χ3v) is 3.43. The summed E-state index contributed by atoms with van der Waals surface area (Å²) in [7, 11) is 0. The van der Waals surface area contributed by atoms with Crippen LogP contribution in [0.1, 0.15) is 12.8 Å². The molecule has 1 aromatic rings. The van der Waals surface area contributed by atoms with Gasteiger partial charge in [0.15, 0.2) is 0 Å². The van der Waals surface area contributed by atoms with E-state index in [4.69, 9.17) is 5.73 Å². The number of piperidine rings is 1. The maximum Gasteiger partial charge on any atom is 0.522 e. The minimum atomic E-state index is -4.79. The van der Waals surface area contributed by atoms with E-state index in [2.05, 4.69) is 4.74 Å². The van der Waals surface area contributed by atoms with Crippen molar-refractivity contribution in [2.24, 2.45) is 0 Å². The zero-order valence-corrected chi connectivity index (χ0v) is 10.8. The van der Waals surface area contributed by atoms with Gasteiger partial charge in [-0.3, -0.25) is 4.74 Å². The first-order chi connectivity index (χ1) is 9.29. The zero-order chi connectivity index (χ0) is 14.8. The molecular weight excluding hydrogens is 276 g/mol. The summed E-state index contributed by atoms with van der Waals surface area (Å²) in [6, 6.07) is 7.15. The van der Waals surface area contributed by atoms with Crippen LogP contribution in [0.4, 0.5) is 28.9 Å². The number of nitrogens with two attached hydrogens (primary N) is 1. The maximum absolute atomic E-state index is 14.2.